The molecule has 0 aliphatic carbocycles. The van der Waals surface area contributed by atoms with Crippen LogP contribution in [0.3, 0.4) is 0 Å². The lowest BCUT2D eigenvalue weighted by atomic mass is 10.2. The Labute approximate surface area is 174 Å². The van der Waals surface area contributed by atoms with E-state index in [2.05, 4.69) is 20.3 Å². The predicted octanol–water partition coefficient (Wildman–Crippen LogP) is 5.26. The molecule has 0 aliphatic heterocycles. The van der Waals surface area contributed by atoms with Crippen LogP contribution in [0.15, 0.2) is 42.5 Å². The van der Waals surface area contributed by atoms with Crippen molar-refractivity contribution in [3.05, 3.63) is 58.6 Å². The molecule has 1 amide bonds. The second-order valence-electron chi connectivity index (χ2n) is 5.90. The van der Waals surface area contributed by atoms with Crippen molar-refractivity contribution in [2.75, 3.05) is 12.0 Å². The first kappa shape index (κ1) is 22.3. The number of carbonyl (C=O) groups excluding carboxylic acids is 1. The Morgan fingerprint density at radius 3 is 2.10 bits per heavy atom. The van der Waals surface area contributed by atoms with Gasteiger partial charge in [-0.25, -0.2) is 9.69 Å². The van der Waals surface area contributed by atoms with Gasteiger partial charge in [0.2, 0.25) is 0 Å². The number of ether oxygens (including phenoxy) is 1. The molecule has 0 bridgehead atoms. The predicted molar refractivity (Wildman–Crippen MR) is 95.2 cm³/mol. The van der Waals surface area contributed by atoms with Gasteiger partial charge in [-0.1, -0.05) is 16.7 Å². The van der Waals surface area contributed by atoms with Crippen molar-refractivity contribution in [3.63, 3.8) is 0 Å². The van der Waals surface area contributed by atoms with Gasteiger partial charge in [-0.05, 0) is 52.9 Å². The molecule has 3 rings (SSSR count). The highest BCUT2D eigenvalue weighted by Crippen LogP contribution is 2.38. The van der Waals surface area contributed by atoms with E-state index in [0.29, 0.717) is 17.0 Å². The molecule has 1 heterocycles. The smallest absolute Gasteiger partial charge is 0.421 e. The summed E-state index contributed by atoms with van der Waals surface area (Å²) in [5.74, 6) is -0.381. The van der Waals surface area contributed by atoms with Crippen LogP contribution in [0.2, 0.25) is 5.02 Å². The Bertz CT molecular complexity index is 1100. The summed E-state index contributed by atoms with van der Waals surface area (Å²) >= 11 is 5.97. The zero-order chi connectivity index (χ0) is 23.0. The van der Waals surface area contributed by atoms with E-state index >= 15 is 0 Å². The van der Waals surface area contributed by atoms with Crippen molar-refractivity contribution < 1.29 is 35.9 Å². The Kier molecular flexibility index (Phi) is 5.81. The zero-order valence-corrected chi connectivity index (χ0v) is 16.0. The number of hydrogen-bond acceptors (Lipinski definition) is 5. The maximum Gasteiger partial charge on any atom is 0.421 e. The van der Waals surface area contributed by atoms with E-state index in [0.717, 1.165) is 42.1 Å². The van der Waals surface area contributed by atoms with Crippen LogP contribution in [0, 0.1) is 0 Å². The number of hydrogen-bond donors (Lipinski definition) is 0. The number of nitrogens with zero attached hydrogens (tertiary/aromatic N) is 5. The molecule has 3 aromatic rings. The molecular weight excluding hydrogens is 456 g/mol. The number of rotatable bonds is 3. The third kappa shape index (κ3) is 4.55. The SMILES string of the molecule is COC(=O)N(c1ccc(C(F)(F)F)cc1Cl)c1nnnn1-c1ccc(C(F)(F)F)cc1. The van der Waals surface area contributed by atoms with Crippen LogP contribution in [-0.2, 0) is 17.1 Å². The van der Waals surface area contributed by atoms with E-state index in [9.17, 15) is 31.1 Å². The highest BCUT2D eigenvalue weighted by atomic mass is 35.5. The van der Waals surface area contributed by atoms with E-state index in [1.807, 2.05) is 0 Å². The zero-order valence-electron chi connectivity index (χ0n) is 15.2. The number of carbonyl (C=O) groups is 1. The average molecular weight is 466 g/mol. The molecule has 7 nitrogen and oxygen atoms in total. The maximum atomic E-state index is 12.9. The Morgan fingerprint density at radius 2 is 1.58 bits per heavy atom. The Balaban J connectivity index is 2.09. The van der Waals surface area contributed by atoms with Crippen LogP contribution >= 0.6 is 11.6 Å². The normalized spacial score (nSPS) is 12.0. The lowest BCUT2D eigenvalue weighted by Crippen LogP contribution is -2.29. The van der Waals surface area contributed by atoms with Crippen LogP contribution in [-0.4, -0.2) is 33.4 Å². The first-order valence-electron chi connectivity index (χ1n) is 8.14. The summed E-state index contributed by atoms with van der Waals surface area (Å²) in [4.78, 5) is 13.1. The van der Waals surface area contributed by atoms with Crippen LogP contribution in [0.5, 0.6) is 0 Å². The molecule has 0 fully saturated rings. The molecule has 0 aliphatic rings. The van der Waals surface area contributed by atoms with Crippen LogP contribution in [0.4, 0.5) is 42.8 Å². The summed E-state index contributed by atoms with van der Waals surface area (Å²) in [5.41, 5.74) is -2.20. The summed E-state index contributed by atoms with van der Waals surface area (Å²) in [5, 5.41) is 10.2. The van der Waals surface area contributed by atoms with Gasteiger partial charge in [0.1, 0.15) is 0 Å². The Hall–Kier alpha value is -3.35. The fourth-order valence-corrected chi connectivity index (χ4v) is 2.79. The number of halogens is 7. The second kappa shape index (κ2) is 8.06. The third-order valence-electron chi connectivity index (χ3n) is 3.97. The van der Waals surface area contributed by atoms with E-state index in [1.165, 1.54) is 0 Å². The summed E-state index contributed by atoms with van der Waals surface area (Å²) in [6.45, 7) is 0. The molecule has 0 unspecified atom stereocenters. The third-order valence-corrected chi connectivity index (χ3v) is 4.27. The van der Waals surface area contributed by atoms with E-state index in [1.54, 1.807) is 0 Å². The number of amides is 1. The van der Waals surface area contributed by atoms with Crippen molar-refractivity contribution in [1.82, 2.24) is 20.2 Å². The molecule has 0 saturated heterocycles. The van der Waals surface area contributed by atoms with Gasteiger partial charge in [-0.15, -0.1) is 0 Å². The number of alkyl halides is 6. The summed E-state index contributed by atoms with van der Waals surface area (Å²) in [7, 11) is 1.000. The fraction of sp³-hybridized carbons (Fsp3) is 0.176. The lowest BCUT2D eigenvalue weighted by Gasteiger charge is -2.21. The molecule has 0 atom stereocenters. The molecule has 0 saturated carbocycles. The van der Waals surface area contributed by atoms with Crippen LogP contribution < -0.4 is 4.90 Å². The fourth-order valence-electron chi connectivity index (χ4n) is 2.52. The summed E-state index contributed by atoms with van der Waals surface area (Å²) < 4.78 is 82.7. The molecule has 0 radical (unpaired) electrons. The quantitative estimate of drug-likeness (QED) is 0.493. The minimum absolute atomic E-state index is 0.0323. The van der Waals surface area contributed by atoms with Gasteiger partial charge in [0, 0.05) is 0 Å². The molecule has 1 aromatic heterocycles. The van der Waals surface area contributed by atoms with Crippen LogP contribution in [0.1, 0.15) is 11.1 Å². The number of tetrazole rings is 1. The molecule has 0 N–H and O–H groups in total. The van der Waals surface area contributed by atoms with Crippen molar-refractivity contribution in [3.8, 4) is 5.69 Å². The number of benzene rings is 2. The summed E-state index contributed by atoms with van der Waals surface area (Å²) in [6.07, 6.45) is -10.4. The van der Waals surface area contributed by atoms with Gasteiger partial charge in [-0.3, -0.25) is 0 Å². The molecule has 2 aromatic carbocycles. The van der Waals surface area contributed by atoms with Gasteiger partial charge in [0.15, 0.2) is 0 Å². The van der Waals surface area contributed by atoms with E-state index < -0.39 is 34.6 Å². The highest BCUT2D eigenvalue weighted by molar-refractivity contribution is 6.34. The van der Waals surface area contributed by atoms with Gasteiger partial charge in [0.05, 0.1) is 34.6 Å². The maximum absolute atomic E-state index is 12.9. The molecule has 0 spiro atoms. The molecule has 164 valence electrons. The topological polar surface area (TPSA) is 73.1 Å². The van der Waals surface area contributed by atoms with Crippen LogP contribution in [0.25, 0.3) is 5.69 Å². The van der Waals surface area contributed by atoms with Crippen molar-refractivity contribution in [2.24, 2.45) is 0 Å². The number of anilines is 2. The molecule has 14 heteroatoms. The van der Waals surface area contributed by atoms with Crippen molar-refractivity contribution >= 4 is 29.3 Å². The van der Waals surface area contributed by atoms with Gasteiger partial charge in [0.25, 0.3) is 5.95 Å². The lowest BCUT2D eigenvalue weighted by molar-refractivity contribution is -0.138. The summed E-state index contributed by atoms with van der Waals surface area (Å²) in [6, 6.07) is 5.83. The standard InChI is InChI=1S/C17H10ClF6N5O2/c1-31-15(30)28(13-7-4-10(8-12(13)18)17(22,23)24)14-25-26-27-29(14)11-5-2-9(3-6-11)16(19,20)21/h2-8H,1H3. The van der Waals surface area contributed by atoms with Gasteiger partial charge in [-0.2, -0.15) is 31.0 Å². The van der Waals surface area contributed by atoms with Crippen molar-refractivity contribution in [2.45, 2.75) is 12.4 Å². The number of methoxy groups -OCH3 is 1. The monoisotopic (exact) mass is 465 g/mol. The largest absolute Gasteiger partial charge is 0.452 e. The number of aromatic nitrogens is 4. The Morgan fingerprint density at radius 1 is 1.00 bits per heavy atom. The van der Waals surface area contributed by atoms with Crippen molar-refractivity contribution in [1.29, 1.82) is 0 Å². The van der Waals surface area contributed by atoms with Gasteiger partial charge >= 0.3 is 18.4 Å². The first-order chi connectivity index (χ1) is 14.4. The minimum Gasteiger partial charge on any atom is -0.452 e. The first-order valence-corrected chi connectivity index (χ1v) is 8.52. The minimum atomic E-state index is -4.68. The average Bonchev–Trinajstić information content (AvgIpc) is 3.17. The molecular formula is C17H10ClF6N5O2. The van der Waals surface area contributed by atoms with E-state index in [4.69, 9.17) is 11.6 Å². The highest BCUT2D eigenvalue weighted by Gasteiger charge is 2.34. The second-order valence-corrected chi connectivity index (χ2v) is 6.31. The van der Waals surface area contributed by atoms with Gasteiger partial charge < -0.3 is 4.74 Å². The molecule has 31 heavy (non-hydrogen) atoms. The van der Waals surface area contributed by atoms with E-state index in [-0.39, 0.29) is 17.3 Å².